The summed E-state index contributed by atoms with van der Waals surface area (Å²) in [7, 11) is 0. The molecule has 0 saturated heterocycles. The Bertz CT molecular complexity index is 498. The van der Waals surface area contributed by atoms with E-state index in [2.05, 4.69) is 0 Å². The van der Waals surface area contributed by atoms with Crippen LogP contribution in [0.25, 0.3) is 0 Å². The summed E-state index contributed by atoms with van der Waals surface area (Å²) in [6.07, 6.45) is 1.04. The molecule has 0 saturated carbocycles. The van der Waals surface area contributed by atoms with Crippen LogP contribution in [0.1, 0.15) is 44.7 Å². The number of hydrogen-bond acceptors (Lipinski definition) is 5. The molecule has 0 aliphatic heterocycles. The molecule has 0 aliphatic carbocycles. The van der Waals surface area contributed by atoms with Crippen LogP contribution in [0.2, 0.25) is 0 Å². The van der Waals surface area contributed by atoms with Gasteiger partial charge in [-0.15, -0.1) is 0 Å². The van der Waals surface area contributed by atoms with Gasteiger partial charge >= 0.3 is 11.9 Å². The zero-order valence-electron chi connectivity index (χ0n) is 14.2. The van der Waals surface area contributed by atoms with Crippen molar-refractivity contribution in [3.63, 3.8) is 0 Å². The lowest BCUT2D eigenvalue weighted by Gasteiger charge is -2.19. The molecule has 0 radical (unpaired) electrons. The van der Waals surface area contributed by atoms with E-state index in [1.165, 1.54) is 0 Å². The first-order valence-electron chi connectivity index (χ1n) is 8.14. The molecule has 23 heavy (non-hydrogen) atoms. The summed E-state index contributed by atoms with van der Waals surface area (Å²) in [5.74, 6) is -0.756. The molecular weight excluding hydrogens is 294 g/mol. The van der Waals surface area contributed by atoms with Crippen LogP contribution < -0.4 is 5.73 Å². The first kappa shape index (κ1) is 19.2. The third-order valence-electron chi connectivity index (χ3n) is 3.67. The Morgan fingerprint density at radius 3 is 2.26 bits per heavy atom. The molecule has 2 N–H and O–H groups in total. The van der Waals surface area contributed by atoms with E-state index in [1.807, 2.05) is 31.2 Å². The molecule has 2 atom stereocenters. The van der Waals surface area contributed by atoms with Crippen LogP contribution in [0, 0.1) is 5.92 Å². The molecule has 0 spiro atoms. The van der Waals surface area contributed by atoms with Gasteiger partial charge in [0.1, 0.15) is 0 Å². The van der Waals surface area contributed by atoms with Crippen LogP contribution in [0.4, 0.5) is 0 Å². The van der Waals surface area contributed by atoms with E-state index in [-0.39, 0.29) is 30.4 Å². The Balaban J connectivity index is 2.47. The number of hydrogen-bond donors (Lipinski definition) is 1. The highest BCUT2D eigenvalue weighted by Crippen LogP contribution is 2.16. The SMILES string of the molecule is CCOC(=O)C(CC)CC(C)OC(=O)Cc1ccc(CN)cc1. The van der Waals surface area contributed by atoms with E-state index in [9.17, 15) is 9.59 Å². The van der Waals surface area contributed by atoms with Gasteiger partial charge in [-0.2, -0.15) is 0 Å². The second-order valence-corrected chi connectivity index (χ2v) is 5.59. The molecule has 0 amide bonds. The average molecular weight is 321 g/mol. The average Bonchev–Trinajstić information content (AvgIpc) is 2.53. The number of nitrogens with two attached hydrogens (primary N) is 1. The zero-order chi connectivity index (χ0) is 17.2. The molecule has 0 fully saturated rings. The third kappa shape index (κ3) is 6.82. The van der Waals surface area contributed by atoms with Crippen molar-refractivity contribution in [3.8, 4) is 0 Å². The lowest BCUT2D eigenvalue weighted by molar-refractivity contribution is -0.154. The summed E-state index contributed by atoms with van der Waals surface area (Å²) < 4.78 is 10.4. The van der Waals surface area contributed by atoms with Crippen molar-refractivity contribution >= 4 is 11.9 Å². The maximum atomic E-state index is 12.0. The Labute approximate surface area is 138 Å². The Morgan fingerprint density at radius 2 is 1.74 bits per heavy atom. The number of ether oxygens (including phenoxy) is 2. The van der Waals surface area contributed by atoms with Crippen LogP contribution in [0.3, 0.4) is 0 Å². The topological polar surface area (TPSA) is 78.6 Å². The first-order valence-corrected chi connectivity index (χ1v) is 8.14. The predicted octanol–water partition coefficient (Wildman–Crippen LogP) is 2.60. The van der Waals surface area contributed by atoms with Crippen LogP contribution in [0.15, 0.2) is 24.3 Å². The van der Waals surface area contributed by atoms with Gasteiger partial charge in [-0.05, 0) is 37.8 Å². The van der Waals surface area contributed by atoms with Crippen LogP contribution in [0.5, 0.6) is 0 Å². The summed E-state index contributed by atoms with van der Waals surface area (Å²) >= 11 is 0. The van der Waals surface area contributed by atoms with E-state index in [1.54, 1.807) is 13.8 Å². The molecule has 5 heteroatoms. The fraction of sp³-hybridized carbons (Fsp3) is 0.556. The van der Waals surface area contributed by atoms with Crippen molar-refractivity contribution in [1.29, 1.82) is 0 Å². The minimum absolute atomic E-state index is 0.214. The molecule has 0 heterocycles. The van der Waals surface area contributed by atoms with Crippen molar-refractivity contribution in [1.82, 2.24) is 0 Å². The van der Waals surface area contributed by atoms with Crippen LogP contribution >= 0.6 is 0 Å². The zero-order valence-corrected chi connectivity index (χ0v) is 14.2. The summed E-state index contributed by atoms with van der Waals surface area (Å²) in [6.45, 7) is 6.35. The number of esters is 2. The first-order chi connectivity index (χ1) is 11.0. The molecule has 0 aromatic heterocycles. The van der Waals surface area contributed by atoms with Gasteiger partial charge in [0.2, 0.25) is 0 Å². The lowest BCUT2D eigenvalue weighted by atomic mass is 9.99. The molecule has 0 aliphatic rings. The minimum Gasteiger partial charge on any atom is -0.466 e. The lowest BCUT2D eigenvalue weighted by Crippen LogP contribution is -2.25. The summed E-state index contributed by atoms with van der Waals surface area (Å²) in [6, 6.07) is 7.56. The number of rotatable bonds is 9. The van der Waals surface area contributed by atoms with E-state index < -0.39 is 0 Å². The van der Waals surface area contributed by atoms with Gasteiger partial charge in [0, 0.05) is 6.54 Å². The van der Waals surface area contributed by atoms with Crippen LogP contribution in [-0.2, 0) is 32.0 Å². The quantitative estimate of drug-likeness (QED) is 0.707. The largest absolute Gasteiger partial charge is 0.466 e. The molecule has 2 unspecified atom stereocenters. The summed E-state index contributed by atoms with van der Waals surface area (Å²) in [5, 5.41) is 0. The Hall–Kier alpha value is -1.88. The fourth-order valence-corrected chi connectivity index (χ4v) is 2.36. The molecule has 0 bridgehead atoms. The van der Waals surface area contributed by atoms with E-state index in [4.69, 9.17) is 15.2 Å². The van der Waals surface area contributed by atoms with Crippen molar-refractivity contribution < 1.29 is 19.1 Å². The maximum Gasteiger partial charge on any atom is 0.310 e. The van der Waals surface area contributed by atoms with Gasteiger partial charge < -0.3 is 15.2 Å². The molecule has 1 rings (SSSR count). The van der Waals surface area contributed by atoms with Gasteiger partial charge in [0.05, 0.1) is 25.0 Å². The second kappa shape index (κ2) is 10.0. The molecule has 1 aromatic carbocycles. The van der Waals surface area contributed by atoms with Crippen molar-refractivity contribution in [2.75, 3.05) is 6.61 Å². The van der Waals surface area contributed by atoms with Crippen LogP contribution in [-0.4, -0.2) is 24.6 Å². The maximum absolute atomic E-state index is 12.0. The molecule has 1 aromatic rings. The smallest absolute Gasteiger partial charge is 0.310 e. The van der Waals surface area contributed by atoms with E-state index in [0.717, 1.165) is 11.1 Å². The third-order valence-corrected chi connectivity index (χ3v) is 3.67. The van der Waals surface area contributed by atoms with Gasteiger partial charge in [-0.1, -0.05) is 31.2 Å². The summed E-state index contributed by atoms with van der Waals surface area (Å²) in [4.78, 5) is 23.8. The van der Waals surface area contributed by atoms with E-state index >= 15 is 0 Å². The van der Waals surface area contributed by atoms with Gasteiger partial charge in [0.15, 0.2) is 0 Å². The Kier molecular flexibility index (Phi) is 8.33. The van der Waals surface area contributed by atoms with Crippen molar-refractivity contribution in [3.05, 3.63) is 35.4 Å². The highest BCUT2D eigenvalue weighted by atomic mass is 16.5. The Morgan fingerprint density at radius 1 is 1.13 bits per heavy atom. The fourth-order valence-electron chi connectivity index (χ4n) is 2.36. The highest BCUT2D eigenvalue weighted by Gasteiger charge is 2.22. The molecule has 5 nitrogen and oxygen atoms in total. The normalized spacial score (nSPS) is 13.2. The highest BCUT2D eigenvalue weighted by molar-refractivity contribution is 5.73. The van der Waals surface area contributed by atoms with E-state index in [0.29, 0.717) is 26.0 Å². The number of carbonyl (C=O) groups is 2. The van der Waals surface area contributed by atoms with Crippen molar-refractivity contribution in [2.24, 2.45) is 11.7 Å². The molecule has 128 valence electrons. The van der Waals surface area contributed by atoms with Gasteiger partial charge in [0.25, 0.3) is 0 Å². The number of benzene rings is 1. The van der Waals surface area contributed by atoms with Crippen molar-refractivity contribution in [2.45, 2.75) is 52.7 Å². The summed E-state index contributed by atoms with van der Waals surface area (Å²) in [5.41, 5.74) is 7.45. The van der Waals surface area contributed by atoms with Gasteiger partial charge in [-0.25, -0.2) is 0 Å². The standard InChI is InChI=1S/C18H27NO4/c1-4-16(18(21)22-5-2)10-13(3)23-17(20)11-14-6-8-15(12-19)9-7-14/h6-9,13,16H,4-5,10-12,19H2,1-3H3. The molecular formula is C18H27NO4. The monoisotopic (exact) mass is 321 g/mol. The number of carbonyl (C=O) groups excluding carboxylic acids is 2. The predicted molar refractivity (Wildman–Crippen MR) is 88.6 cm³/mol. The van der Waals surface area contributed by atoms with Gasteiger partial charge in [-0.3, -0.25) is 9.59 Å². The minimum atomic E-state index is -0.319. The second-order valence-electron chi connectivity index (χ2n) is 5.59.